The van der Waals surface area contributed by atoms with Crippen molar-refractivity contribution in [2.24, 2.45) is 11.8 Å². The van der Waals surface area contributed by atoms with Crippen molar-refractivity contribution in [1.29, 1.82) is 0 Å². The normalized spacial score (nSPS) is 18.9. The van der Waals surface area contributed by atoms with Crippen LogP contribution in [-0.4, -0.2) is 39.3 Å². The molecule has 6 heteroatoms. The second kappa shape index (κ2) is 6.89. The highest BCUT2D eigenvalue weighted by Crippen LogP contribution is 2.26. The summed E-state index contributed by atoms with van der Waals surface area (Å²) in [6.45, 7) is 6.82. The highest BCUT2D eigenvalue weighted by Gasteiger charge is 2.27. The van der Waals surface area contributed by atoms with Gasteiger partial charge in [-0.3, -0.25) is 4.90 Å². The van der Waals surface area contributed by atoms with E-state index in [1.165, 1.54) is 0 Å². The number of piperidine rings is 1. The van der Waals surface area contributed by atoms with Crippen LogP contribution in [0.4, 0.5) is 0 Å². The van der Waals surface area contributed by atoms with Crippen molar-refractivity contribution in [3.63, 3.8) is 0 Å². The lowest BCUT2D eigenvalue weighted by atomic mass is 9.86. The summed E-state index contributed by atoms with van der Waals surface area (Å²) in [5, 5.41) is 16.2. The van der Waals surface area contributed by atoms with Crippen LogP contribution < -0.4 is 0 Å². The number of aliphatic hydroxyl groups is 1. The Bertz CT molecular complexity index is 574. The van der Waals surface area contributed by atoms with Crippen LogP contribution in [0.25, 0.3) is 10.7 Å². The maximum atomic E-state index is 10.2. The van der Waals surface area contributed by atoms with E-state index in [2.05, 4.69) is 28.9 Å². The van der Waals surface area contributed by atoms with Gasteiger partial charge in [-0.15, -0.1) is 11.3 Å². The van der Waals surface area contributed by atoms with E-state index in [0.29, 0.717) is 30.1 Å². The van der Waals surface area contributed by atoms with E-state index in [1.54, 1.807) is 11.3 Å². The third-order valence-electron chi connectivity index (χ3n) is 4.37. The summed E-state index contributed by atoms with van der Waals surface area (Å²) < 4.78 is 5.36. The van der Waals surface area contributed by atoms with Crippen molar-refractivity contribution in [3.8, 4) is 10.7 Å². The van der Waals surface area contributed by atoms with E-state index < -0.39 is 0 Å². The molecule has 1 atom stereocenters. The molecule has 1 N–H and O–H groups in total. The predicted molar refractivity (Wildman–Crippen MR) is 86.5 cm³/mol. The Hall–Kier alpha value is -1.24. The maximum Gasteiger partial charge on any atom is 0.241 e. The summed E-state index contributed by atoms with van der Waals surface area (Å²) >= 11 is 1.62. The van der Waals surface area contributed by atoms with Crippen molar-refractivity contribution in [2.75, 3.05) is 13.1 Å². The Morgan fingerprint density at radius 2 is 2.18 bits per heavy atom. The fourth-order valence-corrected chi connectivity index (χ4v) is 3.66. The largest absolute Gasteiger partial charge is 0.393 e. The van der Waals surface area contributed by atoms with Crippen LogP contribution in [0.2, 0.25) is 0 Å². The zero-order valence-electron chi connectivity index (χ0n) is 13.1. The third kappa shape index (κ3) is 3.56. The van der Waals surface area contributed by atoms with E-state index in [-0.39, 0.29) is 6.10 Å². The van der Waals surface area contributed by atoms with Gasteiger partial charge in [0.25, 0.3) is 0 Å². The molecule has 2 aromatic heterocycles. The molecule has 0 unspecified atom stereocenters. The van der Waals surface area contributed by atoms with Crippen LogP contribution in [0.15, 0.2) is 22.0 Å². The molecular formula is C16H23N3O2S. The van der Waals surface area contributed by atoms with E-state index in [9.17, 15) is 5.11 Å². The molecule has 0 aliphatic carbocycles. The van der Waals surface area contributed by atoms with Gasteiger partial charge < -0.3 is 9.63 Å². The SMILES string of the molecule is CC(C)[C@H](O)C1CCN(Cc2nc(-c3cccs3)no2)CC1. The van der Waals surface area contributed by atoms with Crippen LogP contribution in [0.5, 0.6) is 0 Å². The first kappa shape index (κ1) is 15.6. The quantitative estimate of drug-likeness (QED) is 0.917. The molecule has 2 aromatic rings. The lowest BCUT2D eigenvalue weighted by Crippen LogP contribution is -2.39. The topological polar surface area (TPSA) is 62.4 Å². The Labute approximate surface area is 135 Å². The van der Waals surface area contributed by atoms with Gasteiger partial charge in [-0.2, -0.15) is 4.98 Å². The highest BCUT2D eigenvalue weighted by molar-refractivity contribution is 7.13. The molecule has 1 aliphatic rings. The van der Waals surface area contributed by atoms with Gasteiger partial charge in [-0.05, 0) is 49.2 Å². The smallest absolute Gasteiger partial charge is 0.241 e. The maximum absolute atomic E-state index is 10.2. The molecule has 1 saturated heterocycles. The predicted octanol–water partition coefficient (Wildman–Crippen LogP) is 3.03. The van der Waals surface area contributed by atoms with Gasteiger partial charge in [0, 0.05) is 0 Å². The summed E-state index contributed by atoms with van der Waals surface area (Å²) in [6, 6.07) is 3.99. The summed E-state index contributed by atoms with van der Waals surface area (Å²) in [5.74, 6) is 2.10. The number of likely N-dealkylation sites (tertiary alicyclic amines) is 1. The molecule has 0 radical (unpaired) electrons. The van der Waals surface area contributed by atoms with E-state index in [0.717, 1.165) is 30.8 Å². The van der Waals surface area contributed by atoms with Gasteiger partial charge in [0.05, 0.1) is 17.5 Å². The number of hydrogen-bond acceptors (Lipinski definition) is 6. The van der Waals surface area contributed by atoms with Crippen LogP contribution in [-0.2, 0) is 6.54 Å². The number of aliphatic hydroxyl groups excluding tert-OH is 1. The zero-order valence-corrected chi connectivity index (χ0v) is 13.9. The molecule has 0 spiro atoms. The molecule has 22 heavy (non-hydrogen) atoms. The van der Waals surface area contributed by atoms with Crippen molar-refractivity contribution < 1.29 is 9.63 Å². The fourth-order valence-electron chi connectivity index (χ4n) is 3.01. The Kier molecular flexibility index (Phi) is 4.90. The molecule has 0 amide bonds. The minimum atomic E-state index is -0.184. The summed E-state index contributed by atoms with van der Waals surface area (Å²) in [5.41, 5.74) is 0. The van der Waals surface area contributed by atoms with Crippen molar-refractivity contribution in [1.82, 2.24) is 15.0 Å². The number of thiophene rings is 1. The first-order chi connectivity index (χ1) is 10.6. The van der Waals surface area contributed by atoms with Crippen LogP contribution in [0.1, 0.15) is 32.6 Å². The number of hydrogen-bond donors (Lipinski definition) is 1. The lowest BCUT2D eigenvalue weighted by Gasteiger charge is -2.34. The monoisotopic (exact) mass is 321 g/mol. The molecular weight excluding hydrogens is 298 g/mol. The van der Waals surface area contributed by atoms with Gasteiger partial charge in [-0.1, -0.05) is 25.1 Å². The molecule has 3 heterocycles. The minimum Gasteiger partial charge on any atom is -0.393 e. The average molecular weight is 321 g/mol. The Morgan fingerprint density at radius 1 is 1.41 bits per heavy atom. The van der Waals surface area contributed by atoms with E-state index in [1.807, 2.05) is 17.5 Å². The highest BCUT2D eigenvalue weighted by atomic mass is 32.1. The molecule has 1 fully saturated rings. The van der Waals surface area contributed by atoms with Gasteiger partial charge >= 0.3 is 0 Å². The first-order valence-corrected chi connectivity index (χ1v) is 8.78. The standard InChI is InChI=1S/C16H23N3O2S/c1-11(2)15(20)12-5-7-19(8-6-12)10-14-17-16(18-21-14)13-4-3-9-22-13/h3-4,9,11-12,15,20H,5-8,10H2,1-2H3/t15-/m0/s1. The summed E-state index contributed by atoms with van der Waals surface area (Å²) in [6.07, 6.45) is 1.88. The molecule has 1 aliphatic heterocycles. The molecule has 3 rings (SSSR count). The van der Waals surface area contributed by atoms with Crippen LogP contribution >= 0.6 is 11.3 Å². The third-order valence-corrected chi connectivity index (χ3v) is 5.23. The van der Waals surface area contributed by atoms with Gasteiger partial charge in [0.1, 0.15) is 0 Å². The molecule has 0 saturated carbocycles. The van der Waals surface area contributed by atoms with Crippen LogP contribution in [0, 0.1) is 11.8 Å². The van der Waals surface area contributed by atoms with Crippen molar-refractivity contribution >= 4 is 11.3 Å². The van der Waals surface area contributed by atoms with Crippen LogP contribution in [0.3, 0.4) is 0 Å². The molecule has 0 bridgehead atoms. The molecule has 120 valence electrons. The summed E-state index contributed by atoms with van der Waals surface area (Å²) in [7, 11) is 0. The molecule has 0 aromatic carbocycles. The van der Waals surface area contributed by atoms with Gasteiger partial charge in [-0.25, -0.2) is 0 Å². The average Bonchev–Trinajstić information content (AvgIpc) is 3.18. The van der Waals surface area contributed by atoms with Crippen molar-refractivity contribution in [2.45, 2.75) is 39.3 Å². The van der Waals surface area contributed by atoms with Crippen molar-refractivity contribution in [3.05, 3.63) is 23.4 Å². The number of rotatable bonds is 5. The Balaban J connectivity index is 1.53. The molecule has 5 nitrogen and oxygen atoms in total. The second-order valence-corrected chi connectivity index (χ2v) is 7.28. The lowest BCUT2D eigenvalue weighted by molar-refractivity contribution is 0.0251. The van der Waals surface area contributed by atoms with Gasteiger partial charge in [0.15, 0.2) is 0 Å². The second-order valence-electron chi connectivity index (χ2n) is 6.34. The summed E-state index contributed by atoms with van der Waals surface area (Å²) in [4.78, 5) is 7.84. The Morgan fingerprint density at radius 3 is 2.82 bits per heavy atom. The fraction of sp³-hybridized carbons (Fsp3) is 0.625. The zero-order chi connectivity index (χ0) is 15.5. The van der Waals surface area contributed by atoms with E-state index in [4.69, 9.17) is 4.52 Å². The minimum absolute atomic E-state index is 0.184. The number of aromatic nitrogens is 2. The van der Waals surface area contributed by atoms with E-state index >= 15 is 0 Å². The van der Waals surface area contributed by atoms with Gasteiger partial charge in [0.2, 0.25) is 11.7 Å². The number of nitrogens with zero attached hydrogens (tertiary/aromatic N) is 3. The first-order valence-electron chi connectivity index (χ1n) is 7.90.